The van der Waals surface area contributed by atoms with Crippen molar-refractivity contribution in [2.75, 3.05) is 0 Å². The topological polar surface area (TPSA) is 20.2 Å². The summed E-state index contributed by atoms with van der Waals surface area (Å²) in [4.78, 5) is 3.97. The maximum atomic E-state index is 10.1. The highest BCUT2D eigenvalue weighted by Gasteiger charge is 2.11. The molecule has 0 aliphatic heterocycles. The van der Waals surface area contributed by atoms with Crippen molar-refractivity contribution in [2.24, 2.45) is 0 Å². The maximum Gasteiger partial charge on any atom is 0.111 e. The van der Waals surface area contributed by atoms with E-state index in [4.69, 9.17) is 0 Å². The fourth-order valence-corrected chi connectivity index (χ4v) is 3.01. The quantitative estimate of drug-likeness (QED) is 0.732. The van der Waals surface area contributed by atoms with E-state index in [0.29, 0.717) is 4.48 Å². The van der Waals surface area contributed by atoms with Crippen LogP contribution in [0.5, 0.6) is 0 Å². The first-order valence-electron chi connectivity index (χ1n) is 5.67. The molecule has 2 aromatic rings. The van der Waals surface area contributed by atoms with Crippen molar-refractivity contribution in [3.05, 3.63) is 69.6 Å². The van der Waals surface area contributed by atoms with Crippen LogP contribution < -0.4 is 0 Å². The van der Waals surface area contributed by atoms with Crippen LogP contribution in [0, 0.1) is 0 Å². The van der Waals surface area contributed by atoms with Crippen LogP contribution in [0.15, 0.2) is 73.9 Å². The van der Waals surface area contributed by atoms with Gasteiger partial charge >= 0.3 is 0 Å². The number of benzene rings is 2. The summed E-state index contributed by atoms with van der Waals surface area (Å²) >= 11 is 8.22. The molecule has 0 aromatic heterocycles. The summed E-state index contributed by atoms with van der Waals surface area (Å²) in [6, 6.07) is 18.1. The van der Waals surface area contributed by atoms with E-state index in [1.54, 1.807) is 16.7 Å². The minimum Gasteiger partial charge on any atom is -0.383 e. The molecular formula is C15H12Br2OS. The van der Waals surface area contributed by atoms with Crippen molar-refractivity contribution >= 4 is 43.6 Å². The molecule has 2 aromatic carbocycles. The summed E-state index contributed by atoms with van der Waals surface area (Å²) in [7, 11) is 0. The summed E-state index contributed by atoms with van der Waals surface area (Å²) in [5, 5.41) is 10.1. The van der Waals surface area contributed by atoms with Crippen molar-refractivity contribution in [1.29, 1.82) is 0 Å². The van der Waals surface area contributed by atoms with Crippen molar-refractivity contribution in [3.8, 4) is 0 Å². The first-order valence-corrected chi connectivity index (χ1v) is 8.20. The smallest absolute Gasteiger partial charge is 0.111 e. The molecular weight excluding hydrogens is 388 g/mol. The number of aliphatic hydroxyl groups excluding tert-OH is 1. The van der Waals surface area contributed by atoms with E-state index >= 15 is 0 Å². The predicted molar refractivity (Wildman–Crippen MR) is 87.9 cm³/mol. The van der Waals surface area contributed by atoms with Gasteiger partial charge in [-0.05, 0) is 34.8 Å². The molecule has 98 valence electrons. The summed E-state index contributed by atoms with van der Waals surface area (Å²) < 4.78 is 0.703. The highest BCUT2D eigenvalue weighted by atomic mass is 79.9. The second-order valence-corrected chi connectivity index (χ2v) is 6.40. The molecule has 0 heterocycles. The lowest BCUT2D eigenvalue weighted by Gasteiger charge is -2.11. The van der Waals surface area contributed by atoms with E-state index in [-0.39, 0.29) is 0 Å². The van der Waals surface area contributed by atoms with E-state index in [1.807, 2.05) is 42.5 Å². The molecule has 1 N–H and O–H groups in total. The molecule has 19 heavy (non-hydrogen) atoms. The van der Waals surface area contributed by atoms with Crippen LogP contribution in [0.25, 0.3) is 0 Å². The zero-order valence-electron chi connectivity index (χ0n) is 9.96. The van der Waals surface area contributed by atoms with Gasteiger partial charge in [0, 0.05) is 14.3 Å². The van der Waals surface area contributed by atoms with Crippen LogP contribution in [0.1, 0.15) is 11.7 Å². The zero-order valence-corrected chi connectivity index (χ0v) is 14.0. The zero-order chi connectivity index (χ0) is 13.7. The van der Waals surface area contributed by atoms with Crippen molar-refractivity contribution in [2.45, 2.75) is 15.9 Å². The molecule has 0 saturated carbocycles. The Labute approximate surface area is 134 Å². The lowest BCUT2D eigenvalue weighted by molar-refractivity contribution is 0.225. The van der Waals surface area contributed by atoms with E-state index < -0.39 is 6.10 Å². The van der Waals surface area contributed by atoms with Gasteiger partial charge in [-0.2, -0.15) is 0 Å². The Balaban J connectivity index is 2.20. The Bertz CT molecular complexity index is 569. The summed E-state index contributed by atoms with van der Waals surface area (Å²) in [5.41, 5.74) is 0.864. The van der Waals surface area contributed by atoms with E-state index in [2.05, 4.69) is 44.0 Å². The third-order valence-corrected chi connectivity index (χ3v) is 5.29. The molecule has 0 spiro atoms. The van der Waals surface area contributed by atoms with Crippen LogP contribution in [-0.2, 0) is 0 Å². The molecule has 0 fully saturated rings. The molecule has 0 amide bonds. The lowest BCUT2D eigenvalue weighted by atomic mass is 10.1. The Morgan fingerprint density at radius 2 is 1.74 bits per heavy atom. The molecule has 0 aliphatic rings. The number of hydrogen-bond donors (Lipinski definition) is 1. The fourth-order valence-electron chi connectivity index (χ4n) is 1.59. The Hall–Kier alpha value is -0.550. The van der Waals surface area contributed by atoms with E-state index in [1.165, 1.54) is 4.90 Å². The Morgan fingerprint density at radius 3 is 2.42 bits per heavy atom. The number of aliphatic hydroxyl groups is 1. The molecule has 4 heteroatoms. The molecule has 2 rings (SSSR count). The highest BCUT2D eigenvalue weighted by molar-refractivity contribution is 9.14. The van der Waals surface area contributed by atoms with Crippen molar-refractivity contribution in [3.63, 3.8) is 0 Å². The van der Waals surface area contributed by atoms with Gasteiger partial charge in [0.05, 0.1) is 0 Å². The number of halogens is 2. The van der Waals surface area contributed by atoms with Crippen molar-refractivity contribution < 1.29 is 5.11 Å². The van der Waals surface area contributed by atoms with Crippen LogP contribution in [0.2, 0.25) is 0 Å². The average Bonchev–Trinajstić information content (AvgIpc) is 2.47. The van der Waals surface area contributed by atoms with Crippen LogP contribution in [-0.4, -0.2) is 5.11 Å². The molecule has 0 bridgehead atoms. The van der Waals surface area contributed by atoms with E-state index in [0.717, 1.165) is 10.5 Å². The first-order chi connectivity index (χ1) is 9.20. The standard InChI is InChI=1S/C15H12Br2OS/c16-10-14(17)15(18)11-5-4-8-13(9-11)19-12-6-2-1-3-7-12/h1-10,15,18H. The number of rotatable bonds is 4. The van der Waals surface area contributed by atoms with Gasteiger partial charge in [0.2, 0.25) is 0 Å². The van der Waals surface area contributed by atoms with Crippen LogP contribution in [0.3, 0.4) is 0 Å². The van der Waals surface area contributed by atoms with Gasteiger partial charge in [-0.15, -0.1) is 0 Å². The third-order valence-electron chi connectivity index (χ3n) is 2.52. The van der Waals surface area contributed by atoms with Gasteiger partial charge in [-0.25, -0.2) is 0 Å². The second kappa shape index (κ2) is 7.29. The third kappa shape index (κ3) is 4.21. The minimum atomic E-state index is -0.643. The SMILES string of the molecule is OC(C(Br)=CBr)c1cccc(Sc2ccccc2)c1. The Kier molecular flexibility index (Phi) is 5.70. The number of hydrogen-bond acceptors (Lipinski definition) is 2. The summed E-state index contributed by atoms with van der Waals surface area (Å²) in [6.07, 6.45) is -0.643. The molecule has 1 unspecified atom stereocenters. The molecule has 1 nitrogen and oxygen atoms in total. The molecule has 1 atom stereocenters. The second-order valence-electron chi connectivity index (χ2n) is 3.88. The lowest BCUT2D eigenvalue weighted by Crippen LogP contribution is -1.96. The normalized spacial score (nSPS) is 13.3. The maximum absolute atomic E-state index is 10.1. The predicted octanol–water partition coefficient (Wildman–Crippen LogP) is 5.50. The van der Waals surface area contributed by atoms with Gasteiger partial charge in [0.25, 0.3) is 0 Å². The summed E-state index contributed by atoms with van der Waals surface area (Å²) in [5.74, 6) is 0. The van der Waals surface area contributed by atoms with Crippen molar-refractivity contribution in [1.82, 2.24) is 0 Å². The highest BCUT2D eigenvalue weighted by Crippen LogP contribution is 2.32. The average molecular weight is 400 g/mol. The molecule has 0 saturated heterocycles. The summed E-state index contributed by atoms with van der Waals surface area (Å²) in [6.45, 7) is 0. The van der Waals surface area contributed by atoms with Crippen LogP contribution in [0.4, 0.5) is 0 Å². The van der Waals surface area contributed by atoms with E-state index in [9.17, 15) is 5.11 Å². The first kappa shape index (κ1) is 14.9. The molecule has 0 radical (unpaired) electrons. The van der Waals surface area contributed by atoms with Gasteiger partial charge < -0.3 is 5.11 Å². The van der Waals surface area contributed by atoms with Crippen LogP contribution >= 0.6 is 43.6 Å². The largest absolute Gasteiger partial charge is 0.383 e. The van der Waals surface area contributed by atoms with Gasteiger partial charge in [-0.3, -0.25) is 0 Å². The molecule has 0 aliphatic carbocycles. The minimum absolute atomic E-state index is 0.643. The fraction of sp³-hybridized carbons (Fsp3) is 0.0667. The van der Waals surface area contributed by atoms with Gasteiger partial charge in [0.15, 0.2) is 0 Å². The van der Waals surface area contributed by atoms with Gasteiger partial charge in [-0.1, -0.05) is 74.0 Å². The Morgan fingerprint density at radius 1 is 1.05 bits per heavy atom. The van der Waals surface area contributed by atoms with Gasteiger partial charge in [0.1, 0.15) is 6.10 Å². The monoisotopic (exact) mass is 398 g/mol.